The molecule has 19 heavy (non-hydrogen) atoms. The summed E-state index contributed by atoms with van der Waals surface area (Å²) in [7, 11) is 0. The second kappa shape index (κ2) is 4.88. The van der Waals surface area contributed by atoms with E-state index < -0.39 is 0 Å². The van der Waals surface area contributed by atoms with Crippen LogP contribution in [0.25, 0.3) is 0 Å². The van der Waals surface area contributed by atoms with Crippen molar-refractivity contribution in [1.29, 1.82) is 0 Å². The molecule has 0 fully saturated rings. The van der Waals surface area contributed by atoms with Crippen molar-refractivity contribution in [3.05, 3.63) is 65.2 Å². The predicted molar refractivity (Wildman–Crippen MR) is 77.6 cm³/mol. The van der Waals surface area contributed by atoms with Gasteiger partial charge in [-0.1, -0.05) is 42.5 Å². The van der Waals surface area contributed by atoms with Gasteiger partial charge in [0, 0.05) is 24.3 Å². The van der Waals surface area contributed by atoms with E-state index >= 15 is 0 Å². The van der Waals surface area contributed by atoms with Gasteiger partial charge in [-0.2, -0.15) is 0 Å². The number of carbonyl (C=O) groups excluding carboxylic acids is 1. The van der Waals surface area contributed by atoms with Crippen molar-refractivity contribution in [2.24, 2.45) is 0 Å². The minimum atomic E-state index is 0.134. The Morgan fingerprint density at radius 3 is 2.68 bits per heavy atom. The van der Waals surface area contributed by atoms with Crippen LogP contribution in [0.4, 0.5) is 5.69 Å². The summed E-state index contributed by atoms with van der Waals surface area (Å²) in [4.78, 5) is 13.8. The molecule has 2 nitrogen and oxygen atoms in total. The Bertz CT molecular complexity index is 604. The molecule has 0 unspecified atom stereocenters. The van der Waals surface area contributed by atoms with Crippen LogP contribution in [-0.4, -0.2) is 12.3 Å². The fraction of sp³-hybridized carbons (Fsp3) is 0.235. The van der Waals surface area contributed by atoms with Crippen molar-refractivity contribution in [1.82, 2.24) is 0 Å². The maximum Gasteiger partial charge on any atom is 0.159 e. The Morgan fingerprint density at radius 1 is 1.16 bits per heavy atom. The molecule has 2 aromatic carbocycles. The Balaban J connectivity index is 1.88. The highest BCUT2D eigenvalue weighted by atomic mass is 16.1. The van der Waals surface area contributed by atoms with Crippen molar-refractivity contribution >= 4 is 11.5 Å². The molecule has 96 valence electrons. The minimum absolute atomic E-state index is 0.134. The maximum absolute atomic E-state index is 11.5. The van der Waals surface area contributed by atoms with Crippen LogP contribution in [0.3, 0.4) is 0 Å². The number of carbonyl (C=O) groups is 1. The molecule has 1 aliphatic rings. The predicted octanol–water partition coefficient (Wildman–Crippen LogP) is 3.45. The quantitative estimate of drug-likeness (QED) is 0.779. The summed E-state index contributed by atoms with van der Waals surface area (Å²) in [5, 5.41) is 0. The molecule has 0 amide bonds. The van der Waals surface area contributed by atoms with Crippen molar-refractivity contribution in [2.45, 2.75) is 19.9 Å². The van der Waals surface area contributed by atoms with E-state index in [1.807, 2.05) is 18.2 Å². The fourth-order valence-electron chi connectivity index (χ4n) is 2.63. The Morgan fingerprint density at radius 2 is 1.95 bits per heavy atom. The van der Waals surface area contributed by atoms with Crippen molar-refractivity contribution in [3.63, 3.8) is 0 Å². The largest absolute Gasteiger partial charge is 0.367 e. The van der Waals surface area contributed by atoms with Gasteiger partial charge >= 0.3 is 0 Å². The number of Topliss-reactive ketones (excluding diaryl/α,β-unsaturated/α-hetero) is 1. The molecule has 3 rings (SSSR count). The fourth-order valence-corrected chi connectivity index (χ4v) is 2.63. The molecular formula is C17H17NO. The molecule has 0 aromatic heterocycles. The van der Waals surface area contributed by atoms with Gasteiger partial charge in [0.1, 0.15) is 0 Å². The van der Waals surface area contributed by atoms with E-state index in [0.29, 0.717) is 0 Å². The van der Waals surface area contributed by atoms with E-state index in [1.54, 1.807) is 6.92 Å². The maximum atomic E-state index is 11.5. The van der Waals surface area contributed by atoms with Gasteiger partial charge < -0.3 is 4.90 Å². The second-order valence-electron chi connectivity index (χ2n) is 5.06. The molecule has 0 aliphatic carbocycles. The van der Waals surface area contributed by atoms with Crippen LogP contribution in [0, 0.1) is 0 Å². The van der Waals surface area contributed by atoms with Gasteiger partial charge in [-0.3, -0.25) is 4.79 Å². The van der Waals surface area contributed by atoms with Gasteiger partial charge in [0.2, 0.25) is 0 Å². The molecule has 0 atom stereocenters. The number of fused-ring (bicyclic) bond motifs is 1. The SMILES string of the molecule is CC(=O)c1ccc2c(c1)N(Cc1ccccc1)CC2. The van der Waals surface area contributed by atoms with E-state index in [4.69, 9.17) is 0 Å². The number of benzene rings is 2. The first-order valence-corrected chi connectivity index (χ1v) is 6.67. The number of nitrogens with zero attached hydrogens (tertiary/aromatic N) is 1. The molecule has 1 heterocycles. The van der Waals surface area contributed by atoms with Crippen LogP contribution in [0.15, 0.2) is 48.5 Å². The molecule has 2 heteroatoms. The molecule has 0 saturated carbocycles. The summed E-state index contributed by atoms with van der Waals surface area (Å²) in [6.07, 6.45) is 1.07. The van der Waals surface area contributed by atoms with E-state index in [2.05, 4.69) is 35.2 Å². The zero-order valence-electron chi connectivity index (χ0n) is 11.1. The minimum Gasteiger partial charge on any atom is -0.367 e. The summed E-state index contributed by atoms with van der Waals surface area (Å²) in [5.41, 5.74) is 4.68. The summed E-state index contributed by atoms with van der Waals surface area (Å²) < 4.78 is 0. The molecular weight excluding hydrogens is 234 g/mol. The third kappa shape index (κ3) is 2.39. The van der Waals surface area contributed by atoms with Crippen molar-refractivity contribution < 1.29 is 4.79 Å². The molecule has 1 aliphatic heterocycles. The third-order valence-electron chi connectivity index (χ3n) is 3.70. The lowest BCUT2D eigenvalue weighted by atomic mass is 10.1. The van der Waals surface area contributed by atoms with Gasteiger partial charge in [0.15, 0.2) is 5.78 Å². The van der Waals surface area contributed by atoms with E-state index in [1.165, 1.54) is 16.8 Å². The van der Waals surface area contributed by atoms with Crippen LogP contribution < -0.4 is 4.90 Å². The summed E-state index contributed by atoms with van der Waals surface area (Å²) in [5.74, 6) is 0.134. The van der Waals surface area contributed by atoms with Crippen LogP contribution >= 0.6 is 0 Å². The van der Waals surface area contributed by atoms with Crippen LogP contribution in [0.1, 0.15) is 28.4 Å². The number of anilines is 1. The second-order valence-corrected chi connectivity index (χ2v) is 5.06. The van der Waals surface area contributed by atoms with Crippen LogP contribution in [0.2, 0.25) is 0 Å². The summed E-state index contributed by atoms with van der Waals surface area (Å²) in [6, 6.07) is 16.5. The first-order chi connectivity index (χ1) is 9.24. The Labute approximate surface area is 113 Å². The molecule has 0 radical (unpaired) electrons. The highest BCUT2D eigenvalue weighted by Crippen LogP contribution is 2.30. The lowest BCUT2D eigenvalue weighted by molar-refractivity contribution is 0.101. The zero-order valence-corrected chi connectivity index (χ0v) is 11.1. The van der Waals surface area contributed by atoms with Gasteiger partial charge in [-0.15, -0.1) is 0 Å². The summed E-state index contributed by atoms with van der Waals surface area (Å²) >= 11 is 0. The number of hydrogen-bond acceptors (Lipinski definition) is 2. The number of hydrogen-bond donors (Lipinski definition) is 0. The normalized spacial score (nSPS) is 13.4. The Kier molecular flexibility index (Phi) is 3.08. The Hall–Kier alpha value is -2.09. The zero-order chi connectivity index (χ0) is 13.2. The monoisotopic (exact) mass is 251 g/mol. The standard InChI is InChI=1S/C17H17NO/c1-13(19)16-8-7-15-9-10-18(17(15)11-16)12-14-5-3-2-4-6-14/h2-8,11H,9-10,12H2,1H3. The van der Waals surface area contributed by atoms with Crippen LogP contribution in [-0.2, 0) is 13.0 Å². The van der Waals surface area contributed by atoms with E-state index in [9.17, 15) is 4.79 Å². The number of ketones is 1. The smallest absolute Gasteiger partial charge is 0.159 e. The van der Waals surface area contributed by atoms with Crippen LogP contribution in [0.5, 0.6) is 0 Å². The summed E-state index contributed by atoms with van der Waals surface area (Å²) in [6.45, 7) is 3.57. The van der Waals surface area contributed by atoms with Gasteiger partial charge in [-0.05, 0) is 30.5 Å². The molecule has 0 saturated heterocycles. The van der Waals surface area contributed by atoms with Gasteiger partial charge in [-0.25, -0.2) is 0 Å². The lowest BCUT2D eigenvalue weighted by Crippen LogP contribution is -2.19. The average Bonchev–Trinajstić information content (AvgIpc) is 2.82. The molecule has 2 aromatic rings. The third-order valence-corrected chi connectivity index (χ3v) is 3.70. The van der Waals surface area contributed by atoms with E-state index in [-0.39, 0.29) is 5.78 Å². The van der Waals surface area contributed by atoms with Gasteiger partial charge in [0.05, 0.1) is 0 Å². The van der Waals surface area contributed by atoms with Gasteiger partial charge in [0.25, 0.3) is 0 Å². The topological polar surface area (TPSA) is 20.3 Å². The lowest BCUT2D eigenvalue weighted by Gasteiger charge is -2.20. The first-order valence-electron chi connectivity index (χ1n) is 6.67. The van der Waals surface area contributed by atoms with Crippen molar-refractivity contribution in [3.8, 4) is 0 Å². The van der Waals surface area contributed by atoms with Crippen molar-refractivity contribution in [2.75, 3.05) is 11.4 Å². The average molecular weight is 251 g/mol. The number of rotatable bonds is 3. The molecule has 0 bridgehead atoms. The highest BCUT2D eigenvalue weighted by molar-refractivity contribution is 5.95. The van der Waals surface area contributed by atoms with E-state index in [0.717, 1.165) is 25.1 Å². The molecule has 0 spiro atoms. The highest BCUT2D eigenvalue weighted by Gasteiger charge is 2.19. The first kappa shape index (κ1) is 12.0. The molecule has 0 N–H and O–H groups in total.